The van der Waals surface area contributed by atoms with Crippen molar-refractivity contribution in [3.8, 4) is 11.8 Å². The van der Waals surface area contributed by atoms with Gasteiger partial charge in [-0.05, 0) is 44.1 Å². The summed E-state index contributed by atoms with van der Waals surface area (Å²) in [5.74, 6) is 6.34. The Morgan fingerprint density at radius 1 is 1.26 bits per heavy atom. The molecule has 0 N–H and O–H groups in total. The number of ether oxygens (including phenoxy) is 1. The second kappa shape index (κ2) is 5.93. The van der Waals surface area contributed by atoms with Crippen LogP contribution < -0.4 is 0 Å². The van der Waals surface area contributed by atoms with Gasteiger partial charge in [0, 0.05) is 6.92 Å². The van der Waals surface area contributed by atoms with Crippen molar-refractivity contribution in [2.24, 2.45) is 0 Å². The predicted molar refractivity (Wildman–Crippen MR) is 75.6 cm³/mol. The highest BCUT2D eigenvalue weighted by Crippen LogP contribution is 2.39. The molecule has 0 heterocycles. The number of carbonyl (C=O) groups excluding carboxylic acids is 1. The van der Waals surface area contributed by atoms with E-state index in [0.717, 1.165) is 25.7 Å². The molecule has 0 aromatic heterocycles. The average Bonchev–Trinajstić information content (AvgIpc) is 2.40. The van der Waals surface area contributed by atoms with Crippen LogP contribution in [0.25, 0.3) is 0 Å². The zero-order valence-corrected chi connectivity index (χ0v) is 11.6. The van der Waals surface area contributed by atoms with E-state index in [4.69, 9.17) is 4.74 Å². The molecule has 1 aromatic rings. The maximum atomic E-state index is 11.3. The number of carbonyl (C=O) groups is 1. The van der Waals surface area contributed by atoms with Crippen LogP contribution in [0.2, 0.25) is 0 Å². The van der Waals surface area contributed by atoms with Gasteiger partial charge in [-0.2, -0.15) is 0 Å². The Morgan fingerprint density at radius 3 is 2.42 bits per heavy atom. The highest BCUT2D eigenvalue weighted by Gasteiger charge is 2.36. The molecule has 0 amide bonds. The second-order valence-corrected chi connectivity index (χ2v) is 5.15. The van der Waals surface area contributed by atoms with Crippen molar-refractivity contribution < 1.29 is 9.53 Å². The highest BCUT2D eigenvalue weighted by atomic mass is 16.6. The maximum Gasteiger partial charge on any atom is 0.304 e. The summed E-state index contributed by atoms with van der Waals surface area (Å²) in [5, 5.41) is 0. The second-order valence-electron chi connectivity index (χ2n) is 5.15. The number of hydrogen-bond donors (Lipinski definition) is 0. The van der Waals surface area contributed by atoms with E-state index in [1.165, 1.54) is 12.5 Å². The normalized spacial score (nSPS) is 26.1. The van der Waals surface area contributed by atoms with Crippen molar-refractivity contribution >= 4 is 5.97 Å². The monoisotopic (exact) mass is 256 g/mol. The van der Waals surface area contributed by atoms with Crippen LogP contribution in [0.4, 0.5) is 0 Å². The molecule has 19 heavy (non-hydrogen) atoms. The van der Waals surface area contributed by atoms with Crippen LogP contribution in [0.15, 0.2) is 30.3 Å². The number of benzene rings is 1. The first-order chi connectivity index (χ1) is 9.15. The Bertz CT molecular complexity index is 485. The van der Waals surface area contributed by atoms with E-state index in [1.54, 1.807) is 6.92 Å². The number of esters is 1. The van der Waals surface area contributed by atoms with Crippen LogP contribution in [0.3, 0.4) is 0 Å². The van der Waals surface area contributed by atoms with Crippen LogP contribution in [0, 0.1) is 11.8 Å². The molecule has 1 aliphatic rings. The van der Waals surface area contributed by atoms with Crippen molar-refractivity contribution in [3.63, 3.8) is 0 Å². The van der Waals surface area contributed by atoms with Crippen LogP contribution in [0.1, 0.15) is 51.0 Å². The SMILES string of the molecule is CC#CC1(OC(C)=O)CCC(c2ccccc2)CC1. The van der Waals surface area contributed by atoms with Gasteiger partial charge in [0.15, 0.2) is 5.60 Å². The molecule has 1 saturated carbocycles. The van der Waals surface area contributed by atoms with E-state index in [0.29, 0.717) is 5.92 Å². The topological polar surface area (TPSA) is 26.3 Å². The Kier molecular flexibility index (Phi) is 4.27. The third-order valence-corrected chi connectivity index (χ3v) is 3.76. The Balaban J connectivity index is 2.07. The van der Waals surface area contributed by atoms with Gasteiger partial charge >= 0.3 is 5.97 Å². The molecule has 0 radical (unpaired) electrons. The third kappa shape index (κ3) is 3.38. The van der Waals surface area contributed by atoms with Gasteiger partial charge in [0.1, 0.15) is 0 Å². The van der Waals surface area contributed by atoms with E-state index in [-0.39, 0.29) is 5.97 Å². The Labute approximate surface area is 115 Å². The lowest BCUT2D eigenvalue weighted by atomic mass is 9.76. The first-order valence-corrected chi connectivity index (χ1v) is 6.84. The fraction of sp³-hybridized carbons (Fsp3) is 0.471. The minimum Gasteiger partial charge on any atom is -0.446 e. The summed E-state index contributed by atoms with van der Waals surface area (Å²) in [5.41, 5.74) is 0.828. The van der Waals surface area contributed by atoms with Crippen LogP contribution in [0.5, 0.6) is 0 Å². The van der Waals surface area contributed by atoms with Crippen molar-refractivity contribution in [2.75, 3.05) is 0 Å². The molecular formula is C17H20O2. The van der Waals surface area contributed by atoms with Gasteiger partial charge in [0.25, 0.3) is 0 Å². The molecule has 0 atom stereocenters. The van der Waals surface area contributed by atoms with Crippen molar-refractivity contribution in [1.82, 2.24) is 0 Å². The first kappa shape index (κ1) is 13.7. The quantitative estimate of drug-likeness (QED) is 0.596. The van der Waals surface area contributed by atoms with E-state index < -0.39 is 5.60 Å². The van der Waals surface area contributed by atoms with Crippen LogP contribution in [-0.2, 0) is 9.53 Å². The lowest BCUT2D eigenvalue weighted by Crippen LogP contribution is -2.37. The molecule has 0 aliphatic heterocycles. The molecule has 0 unspecified atom stereocenters. The molecule has 2 heteroatoms. The van der Waals surface area contributed by atoms with Gasteiger partial charge in [0.05, 0.1) is 0 Å². The smallest absolute Gasteiger partial charge is 0.304 e. The number of hydrogen-bond acceptors (Lipinski definition) is 2. The molecule has 0 bridgehead atoms. The summed E-state index contributed by atoms with van der Waals surface area (Å²) in [6.45, 7) is 3.26. The first-order valence-electron chi connectivity index (χ1n) is 6.84. The highest BCUT2D eigenvalue weighted by molar-refractivity contribution is 5.67. The molecule has 1 aromatic carbocycles. The molecule has 0 spiro atoms. The average molecular weight is 256 g/mol. The minimum atomic E-state index is -0.550. The van der Waals surface area contributed by atoms with E-state index in [2.05, 4.69) is 36.1 Å². The van der Waals surface area contributed by atoms with Gasteiger partial charge < -0.3 is 4.74 Å². The zero-order valence-electron chi connectivity index (χ0n) is 11.6. The predicted octanol–water partition coefficient (Wildman–Crippen LogP) is 3.67. The largest absolute Gasteiger partial charge is 0.446 e. The van der Waals surface area contributed by atoms with E-state index in [9.17, 15) is 4.79 Å². The molecule has 1 aliphatic carbocycles. The summed E-state index contributed by atoms with van der Waals surface area (Å²) in [6, 6.07) is 10.5. The van der Waals surface area contributed by atoms with E-state index in [1.807, 2.05) is 6.07 Å². The third-order valence-electron chi connectivity index (χ3n) is 3.76. The van der Waals surface area contributed by atoms with Crippen molar-refractivity contribution in [1.29, 1.82) is 0 Å². The van der Waals surface area contributed by atoms with Gasteiger partial charge in [-0.25, -0.2) is 0 Å². The molecule has 2 rings (SSSR count). The summed E-state index contributed by atoms with van der Waals surface area (Å²) >= 11 is 0. The Morgan fingerprint density at radius 2 is 1.89 bits per heavy atom. The molecule has 2 nitrogen and oxygen atoms in total. The zero-order chi connectivity index (χ0) is 13.7. The summed E-state index contributed by atoms with van der Waals surface area (Å²) in [7, 11) is 0. The summed E-state index contributed by atoms with van der Waals surface area (Å²) in [4.78, 5) is 11.3. The molecule has 0 saturated heterocycles. The number of rotatable bonds is 2. The summed E-state index contributed by atoms with van der Waals surface area (Å²) < 4.78 is 5.49. The van der Waals surface area contributed by atoms with Gasteiger partial charge in [-0.15, -0.1) is 5.92 Å². The minimum absolute atomic E-state index is 0.235. The lowest BCUT2D eigenvalue weighted by Gasteiger charge is -2.35. The molecule has 100 valence electrons. The standard InChI is InChI=1S/C17H20O2/c1-3-11-17(19-14(2)18)12-9-16(10-13-17)15-7-5-4-6-8-15/h4-8,16H,9-10,12-13H2,1-2H3. The fourth-order valence-corrected chi connectivity index (χ4v) is 2.90. The maximum absolute atomic E-state index is 11.3. The molecule has 1 fully saturated rings. The van der Waals surface area contributed by atoms with Gasteiger partial charge in [-0.1, -0.05) is 36.3 Å². The van der Waals surface area contributed by atoms with Crippen LogP contribution >= 0.6 is 0 Å². The molecular weight excluding hydrogens is 236 g/mol. The summed E-state index contributed by atoms with van der Waals surface area (Å²) in [6.07, 6.45) is 3.69. The van der Waals surface area contributed by atoms with Crippen LogP contribution in [-0.4, -0.2) is 11.6 Å². The van der Waals surface area contributed by atoms with Gasteiger partial charge in [-0.3, -0.25) is 4.79 Å². The fourth-order valence-electron chi connectivity index (χ4n) is 2.90. The lowest BCUT2D eigenvalue weighted by molar-refractivity contribution is -0.154. The van der Waals surface area contributed by atoms with Crippen molar-refractivity contribution in [2.45, 2.75) is 51.0 Å². The Hall–Kier alpha value is -1.75. The van der Waals surface area contributed by atoms with Crippen molar-refractivity contribution in [3.05, 3.63) is 35.9 Å². The van der Waals surface area contributed by atoms with Gasteiger partial charge in [0.2, 0.25) is 0 Å². The van der Waals surface area contributed by atoms with E-state index >= 15 is 0 Å².